The number of hydrogen-bond acceptors (Lipinski definition) is 8. The number of fused-ring (bicyclic) bond motifs is 1. The Kier molecular flexibility index (Phi) is 8.58. The number of rotatable bonds is 11. The number of benzene rings is 2. The lowest BCUT2D eigenvalue weighted by atomic mass is 9.98. The molecule has 2 aliphatic heterocycles. The van der Waals surface area contributed by atoms with Crippen molar-refractivity contribution in [3.05, 3.63) is 77.5 Å². The first-order valence-electron chi connectivity index (χ1n) is 13.6. The van der Waals surface area contributed by atoms with Crippen LogP contribution in [-0.4, -0.2) is 69.9 Å². The molecular formula is C30H36N4O5. The number of aromatic nitrogens is 1. The van der Waals surface area contributed by atoms with Gasteiger partial charge in [-0.15, -0.1) is 0 Å². The standard InChI is InChI=1S/C30H36N4O5/c1-21(35)34-12-10-26(17-34)32-25-4-2-3-23(13-25)30(37)8-6-27(36)18-33-11-9-22-14-28(7-5-24(22)16-33)38-19-29-15-31-20-39-29/h2-5,7,13-15,20,26-27,32,36H,6,8-12,16-19H2,1H3/t26?,27-/m0/s1. The van der Waals surface area contributed by atoms with Crippen LogP contribution in [0.15, 0.2) is 59.5 Å². The molecule has 2 aliphatic rings. The lowest BCUT2D eigenvalue weighted by Crippen LogP contribution is -2.36. The number of ether oxygens (including phenoxy) is 1. The first-order valence-corrected chi connectivity index (χ1v) is 13.6. The summed E-state index contributed by atoms with van der Waals surface area (Å²) in [6.45, 7) is 5.52. The third-order valence-corrected chi connectivity index (χ3v) is 7.50. The van der Waals surface area contributed by atoms with E-state index in [0.29, 0.717) is 43.9 Å². The summed E-state index contributed by atoms with van der Waals surface area (Å²) in [6.07, 6.45) is 4.95. The number of nitrogens with zero attached hydrogens (tertiary/aromatic N) is 3. The number of anilines is 1. The maximum atomic E-state index is 12.9. The number of likely N-dealkylation sites (tertiary alicyclic amines) is 1. The van der Waals surface area contributed by atoms with Crippen LogP contribution in [0.1, 0.15) is 53.4 Å². The van der Waals surface area contributed by atoms with E-state index in [4.69, 9.17) is 9.15 Å². The van der Waals surface area contributed by atoms with E-state index in [-0.39, 0.29) is 17.7 Å². The Morgan fingerprint density at radius 2 is 2.10 bits per heavy atom. The maximum absolute atomic E-state index is 12.9. The van der Waals surface area contributed by atoms with Crippen molar-refractivity contribution < 1.29 is 23.8 Å². The minimum atomic E-state index is -0.572. The number of amides is 1. The molecule has 1 unspecified atom stereocenters. The number of Topliss-reactive ketones (excluding diaryl/α,β-unsaturated/α-hetero) is 1. The molecule has 0 spiro atoms. The van der Waals surface area contributed by atoms with Gasteiger partial charge in [-0.3, -0.25) is 14.5 Å². The molecule has 0 saturated carbocycles. The van der Waals surface area contributed by atoms with Gasteiger partial charge < -0.3 is 24.5 Å². The highest BCUT2D eigenvalue weighted by Crippen LogP contribution is 2.25. The highest BCUT2D eigenvalue weighted by molar-refractivity contribution is 5.96. The summed E-state index contributed by atoms with van der Waals surface area (Å²) in [7, 11) is 0. The number of aliphatic hydroxyl groups excluding tert-OH is 1. The number of ketones is 1. The fourth-order valence-corrected chi connectivity index (χ4v) is 5.31. The lowest BCUT2D eigenvalue weighted by molar-refractivity contribution is -0.127. The summed E-state index contributed by atoms with van der Waals surface area (Å²) < 4.78 is 11.0. The number of carbonyl (C=O) groups is 2. The quantitative estimate of drug-likeness (QED) is 0.360. The van der Waals surface area contributed by atoms with E-state index in [1.165, 1.54) is 17.5 Å². The van der Waals surface area contributed by atoms with Gasteiger partial charge in [-0.2, -0.15) is 0 Å². The third kappa shape index (κ3) is 7.25. The number of oxazole rings is 1. The summed E-state index contributed by atoms with van der Waals surface area (Å²) in [5.74, 6) is 1.60. The van der Waals surface area contributed by atoms with Gasteiger partial charge in [-0.1, -0.05) is 18.2 Å². The molecule has 2 aromatic carbocycles. The van der Waals surface area contributed by atoms with Crippen molar-refractivity contribution in [3.63, 3.8) is 0 Å². The Hall–Kier alpha value is -3.69. The van der Waals surface area contributed by atoms with Crippen LogP contribution in [0, 0.1) is 0 Å². The summed E-state index contributed by atoms with van der Waals surface area (Å²) in [5.41, 5.74) is 4.01. The first-order chi connectivity index (χ1) is 18.9. The van der Waals surface area contributed by atoms with Gasteiger partial charge in [0.05, 0.1) is 12.3 Å². The third-order valence-electron chi connectivity index (χ3n) is 7.50. The number of carbonyl (C=O) groups excluding carboxylic acids is 2. The summed E-state index contributed by atoms with van der Waals surface area (Å²) in [6, 6.07) is 13.8. The van der Waals surface area contributed by atoms with Crippen LogP contribution in [0.25, 0.3) is 0 Å². The molecule has 1 fully saturated rings. The molecule has 0 aliphatic carbocycles. The number of hydrogen-bond donors (Lipinski definition) is 2. The average Bonchev–Trinajstić information content (AvgIpc) is 3.63. The van der Waals surface area contributed by atoms with Gasteiger partial charge in [0, 0.05) is 63.4 Å². The van der Waals surface area contributed by atoms with Crippen molar-refractivity contribution in [2.24, 2.45) is 0 Å². The Balaban J connectivity index is 1.06. The summed E-state index contributed by atoms with van der Waals surface area (Å²) >= 11 is 0. The van der Waals surface area contributed by atoms with Crippen molar-refractivity contribution in [1.29, 1.82) is 0 Å². The van der Waals surface area contributed by atoms with Crippen molar-refractivity contribution >= 4 is 17.4 Å². The number of β-amino-alcohol motifs (C(OH)–C–C–N with tert-alkyl or cyclic N) is 1. The Morgan fingerprint density at radius 1 is 1.21 bits per heavy atom. The van der Waals surface area contributed by atoms with E-state index < -0.39 is 6.10 Å². The highest BCUT2D eigenvalue weighted by Gasteiger charge is 2.24. The van der Waals surface area contributed by atoms with E-state index in [2.05, 4.69) is 27.3 Å². The largest absolute Gasteiger partial charge is 0.486 e. The fraction of sp³-hybridized carbons (Fsp3) is 0.433. The summed E-state index contributed by atoms with van der Waals surface area (Å²) in [4.78, 5) is 32.4. The van der Waals surface area contributed by atoms with Gasteiger partial charge >= 0.3 is 0 Å². The topological polar surface area (TPSA) is 108 Å². The van der Waals surface area contributed by atoms with Crippen LogP contribution < -0.4 is 10.1 Å². The molecule has 2 N–H and O–H groups in total. The van der Waals surface area contributed by atoms with Crippen molar-refractivity contribution in [1.82, 2.24) is 14.8 Å². The SMILES string of the molecule is CC(=O)N1CCC(Nc2cccc(C(=O)CC[C@H](O)CN3CCc4cc(OCc5cnco5)ccc4C3)c2)C1. The van der Waals surface area contributed by atoms with Crippen LogP contribution >= 0.6 is 0 Å². The zero-order valence-corrected chi connectivity index (χ0v) is 22.3. The normalized spacial score (nSPS) is 18.0. The second kappa shape index (κ2) is 12.4. The molecule has 0 bridgehead atoms. The zero-order chi connectivity index (χ0) is 27.2. The van der Waals surface area contributed by atoms with E-state index >= 15 is 0 Å². The molecule has 1 amide bonds. The van der Waals surface area contributed by atoms with Crippen molar-refractivity contribution in [3.8, 4) is 5.75 Å². The molecular weight excluding hydrogens is 496 g/mol. The molecule has 0 radical (unpaired) electrons. The number of nitrogens with one attached hydrogen (secondary N) is 1. The Morgan fingerprint density at radius 3 is 2.90 bits per heavy atom. The van der Waals surface area contributed by atoms with E-state index in [1.54, 1.807) is 13.1 Å². The molecule has 5 rings (SSSR count). The molecule has 1 aromatic heterocycles. The monoisotopic (exact) mass is 532 g/mol. The van der Waals surface area contributed by atoms with E-state index in [9.17, 15) is 14.7 Å². The maximum Gasteiger partial charge on any atom is 0.219 e. The van der Waals surface area contributed by atoms with Crippen LogP contribution in [0.5, 0.6) is 5.75 Å². The first kappa shape index (κ1) is 26.9. The van der Waals surface area contributed by atoms with Gasteiger partial charge in [0.25, 0.3) is 0 Å². The van der Waals surface area contributed by atoms with Crippen LogP contribution in [0.3, 0.4) is 0 Å². The molecule has 2 atom stereocenters. The van der Waals surface area contributed by atoms with Crippen LogP contribution in [0.2, 0.25) is 0 Å². The molecule has 3 heterocycles. The van der Waals surface area contributed by atoms with Gasteiger partial charge in [-0.25, -0.2) is 4.98 Å². The molecule has 9 nitrogen and oxygen atoms in total. The van der Waals surface area contributed by atoms with E-state index in [1.807, 2.05) is 35.2 Å². The smallest absolute Gasteiger partial charge is 0.219 e. The summed E-state index contributed by atoms with van der Waals surface area (Å²) in [5, 5.41) is 14.1. The van der Waals surface area contributed by atoms with Gasteiger partial charge in [0.15, 0.2) is 17.9 Å². The minimum Gasteiger partial charge on any atom is -0.486 e. The van der Waals surface area contributed by atoms with Crippen LogP contribution in [0.4, 0.5) is 5.69 Å². The molecule has 1 saturated heterocycles. The van der Waals surface area contributed by atoms with Crippen molar-refractivity contribution in [2.45, 2.75) is 57.9 Å². The Labute approximate surface area is 228 Å². The minimum absolute atomic E-state index is 0.0244. The molecule has 206 valence electrons. The number of aliphatic hydroxyl groups is 1. The Bertz CT molecular complexity index is 1280. The lowest BCUT2D eigenvalue weighted by Gasteiger charge is -2.30. The highest BCUT2D eigenvalue weighted by atomic mass is 16.5. The van der Waals surface area contributed by atoms with Crippen LogP contribution in [-0.2, 0) is 24.4 Å². The molecule has 39 heavy (non-hydrogen) atoms. The molecule has 3 aromatic rings. The van der Waals surface area contributed by atoms with E-state index in [0.717, 1.165) is 43.9 Å². The predicted molar refractivity (Wildman–Crippen MR) is 147 cm³/mol. The average molecular weight is 533 g/mol. The van der Waals surface area contributed by atoms with Gasteiger partial charge in [0.1, 0.15) is 12.4 Å². The molecule has 9 heteroatoms. The predicted octanol–water partition coefficient (Wildman–Crippen LogP) is 3.67. The second-order valence-electron chi connectivity index (χ2n) is 10.5. The van der Waals surface area contributed by atoms with Gasteiger partial charge in [-0.05, 0) is 54.7 Å². The zero-order valence-electron chi connectivity index (χ0n) is 22.3. The second-order valence-corrected chi connectivity index (χ2v) is 10.5. The van der Waals surface area contributed by atoms with Gasteiger partial charge in [0.2, 0.25) is 5.91 Å². The van der Waals surface area contributed by atoms with Crippen molar-refractivity contribution in [2.75, 3.05) is 31.5 Å². The fourth-order valence-electron chi connectivity index (χ4n) is 5.31.